The molecule has 0 unspecified atom stereocenters. The minimum Gasteiger partial charge on any atom is -0.374 e. The second-order valence-corrected chi connectivity index (χ2v) is 3.36. The number of halogens is 3. The van der Waals surface area contributed by atoms with E-state index >= 15 is 0 Å². The van der Waals surface area contributed by atoms with Crippen molar-refractivity contribution in [2.75, 3.05) is 26.4 Å². The summed E-state index contributed by atoms with van der Waals surface area (Å²) in [6.45, 7) is 1.17. The molecule has 3 nitrogen and oxygen atoms in total. The van der Waals surface area contributed by atoms with E-state index in [4.69, 9.17) is 4.74 Å². The lowest BCUT2D eigenvalue weighted by Crippen LogP contribution is -2.18. The molecule has 0 aromatic rings. The molecule has 0 aliphatic heterocycles. The van der Waals surface area contributed by atoms with E-state index in [1.807, 2.05) is 6.92 Å². The van der Waals surface area contributed by atoms with Crippen molar-refractivity contribution in [2.45, 2.75) is 32.4 Å². The highest BCUT2D eigenvalue weighted by atomic mass is 19.4. The van der Waals surface area contributed by atoms with Gasteiger partial charge in [0.25, 0.3) is 0 Å². The first kappa shape index (κ1) is 15.4. The van der Waals surface area contributed by atoms with Crippen LogP contribution in [0.3, 0.4) is 0 Å². The molecule has 0 spiro atoms. The van der Waals surface area contributed by atoms with Gasteiger partial charge in [0.15, 0.2) is 5.78 Å². The van der Waals surface area contributed by atoms with E-state index in [0.29, 0.717) is 13.0 Å². The third-order valence-corrected chi connectivity index (χ3v) is 1.62. The predicted octanol–water partition coefficient (Wildman–Crippen LogP) is 2.34. The van der Waals surface area contributed by atoms with Gasteiger partial charge in [-0.25, -0.2) is 0 Å². The zero-order valence-electron chi connectivity index (χ0n) is 9.31. The molecule has 0 radical (unpaired) electrons. The van der Waals surface area contributed by atoms with Crippen molar-refractivity contribution in [3.05, 3.63) is 0 Å². The van der Waals surface area contributed by atoms with Gasteiger partial charge in [0.05, 0.1) is 0 Å². The monoisotopic (exact) mass is 242 g/mol. The summed E-state index contributed by atoms with van der Waals surface area (Å²) in [5, 5.41) is 0. The van der Waals surface area contributed by atoms with Gasteiger partial charge in [-0.3, -0.25) is 4.79 Å². The summed E-state index contributed by atoms with van der Waals surface area (Å²) < 4.78 is 44.2. The summed E-state index contributed by atoms with van der Waals surface area (Å²) in [4.78, 5) is 11.1. The molecule has 96 valence electrons. The molecule has 6 heteroatoms. The zero-order chi connectivity index (χ0) is 12.4. The van der Waals surface area contributed by atoms with Gasteiger partial charge >= 0.3 is 6.18 Å². The van der Waals surface area contributed by atoms with Crippen molar-refractivity contribution >= 4 is 5.78 Å². The number of ketones is 1. The van der Waals surface area contributed by atoms with Crippen molar-refractivity contribution in [3.8, 4) is 0 Å². The van der Waals surface area contributed by atoms with Crippen LogP contribution >= 0.6 is 0 Å². The van der Waals surface area contributed by atoms with E-state index in [1.54, 1.807) is 0 Å². The summed E-state index contributed by atoms with van der Waals surface area (Å²) in [5.74, 6) is -0.107. The highest BCUT2D eigenvalue weighted by molar-refractivity contribution is 5.79. The first-order valence-corrected chi connectivity index (χ1v) is 5.19. The zero-order valence-corrected chi connectivity index (χ0v) is 9.31. The predicted molar refractivity (Wildman–Crippen MR) is 52.2 cm³/mol. The average molecular weight is 242 g/mol. The number of alkyl halides is 3. The minimum atomic E-state index is -4.30. The summed E-state index contributed by atoms with van der Waals surface area (Å²) >= 11 is 0. The summed E-state index contributed by atoms with van der Waals surface area (Å²) in [6.07, 6.45) is -2.97. The van der Waals surface area contributed by atoms with E-state index in [1.165, 1.54) is 0 Å². The molecule has 0 aliphatic carbocycles. The molecule has 0 aromatic carbocycles. The third-order valence-electron chi connectivity index (χ3n) is 1.62. The van der Waals surface area contributed by atoms with Crippen molar-refractivity contribution < 1.29 is 27.4 Å². The summed E-state index contributed by atoms with van der Waals surface area (Å²) in [5.41, 5.74) is 0. The van der Waals surface area contributed by atoms with Crippen LogP contribution in [0.15, 0.2) is 0 Å². The van der Waals surface area contributed by atoms with Crippen LogP contribution < -0.4 is 0 Å². The number of carbonyl (C=O) groups is 1. The Labute approximate surface area is 92.9 Å². The average Bonchev–Trinajstić information content (AvgIpc) is 2.16. The maximum absolute atomic E-state index is 11.6. The molecule has 0 aliphatic rings. The maximum Gasteiger partial charge on any atom is 0.411 e. The molecule has 0 atom stereocenters. The second-order valence-electron chi connectivity index (χ2n) is 3.36. The summed E-state index contributed by atoms with van der Waals surface area (Å²) in [7, 11) is 0. The number of rotatable bonds is 9. The number of hydrogen-bond acceptors (Lipinski definition) is 3. The topological polar surface area (TPSA) is 35.5 Å². The van der Waals surface area contributed by atoms with E-state index in [0.717, 1.165) is 6.42 Å². The molecule has 16 heavy (non-hydrogen) atoms. The van der Waals surface area contributed by atoms with Crippen LogP contribution in [0.2, 0.25) is 0 Å². The van der Waals surface area contributed by atoms with E-state index < -0.39 is 12.8 Å². The third kappa shape index (κ3) is 11.5. The second kappa shape index (κ2) is 8.52. The number of ether oxygens (including phenoxy) is 2. The van der Waals surface area contributed by atoms with Gasteiger partial charge in [-0.05, 0) is 12.8 Å². The molecule has 0 saturated carbocycles. The van der Waals surface area contributed by atoms with Gasteiger partial charge in [-0.2, -0.15) is 13.2 Å². The van der Waals surface area contributed by atoms with Crippen molar-refractivity contribution in [1.82, 2.24) is 0 Å². The minimum absolute atomic E-state index is 0.0348. The maximum atomic E-state index is 11.6. The Bertz CT molecular complexity index is 192. The fourth-order valence-corrected chi connectivity index (χ4v) is 0.962. The lowest BCUT2D eigenvalue weighted by Gasteiger charge is -2.07. The SMILES string of the molecule is CCCOCC(=O)CCCOCC(F)(F)F. The Balaban J connectivity index is 3.28. The normalized spacial score (nSPS) is 11.8. The fourth-order valence-electron chi connectivity index (χ4n) is 0.962. The van der Waals surface area contributed by atoms with Crippen LogP contribution in [0.25, 0.3) is 0 Å². The lowest BCUT2D eigenvalue weighted by molar-refractivity contribution is -0.174. The molecule has 0 bridgehead atoms. The number of hydrogen-bond donors (Lipinski definition) is 0. The number of Topliss-reactive ketones (excluding diaryl/α,β-unsaturated/α-hetero) is 1. The molecular formula is C10H17F3O3. The van der Waals surface area contributed by atoms with E-state index in [-0.39, 0.29) is 25.4 Å². The Hall–Kier alpha value is -0.620. The van der Waals surface area contributed by atoms with Gasteiger partial charge < -0.3 is 9.47 Å². The molecule has 0 heterocycles. The van der Waals surface area contributed by atoms with Gasteiger partial charge in [0.1, 0.15) is 13.2 Å². The van der Waals surface area contributed by atoms with Crippen LogP contribution in [-0.4, -0.2) is 38.4 Å². The summed E-state index contributed by atoms with van der Waals surface area (Å²) in [6, 6.07) is 0. The Morgan fingerprint density at radius 3 is 2.44 bits per heavy atom. The van der Waals surface area contributed by atoms with Crippen LogP contribution in [0.1, 0.15) is 26.2 Å². The molecule has 0 fully saturated rings. The van der Waals surface area contributed by atoms with Gasteiger partial charge in [-0.1, -0.05) is 6.92 Å². The first-order valence-electron chi connectivity index (χ1n) is 5.19. The Morgan fingerprint density at radius 2 is 1.88 bits per heavy atom. The van der Waals surface area contributed by atoms with Crippen LogP contribution in [0, 0.1) is 0 Å². The molecule has 0 aromatic heterocycles. The van der Waals surface area contributed by atoms with Gasteiger partial charge in [0, 0.05) is 19.6 Å². The van der Waals surface area contributed by atoms with E-state index in [2.05, 4.69) is 4.74 Å². The van der Waals surface area contributed by atoms with Crippen molar-refractivity contribution in [1.29, 1.82) is 0 Å². The highest BCUT2D eigenvalue weighted by Crippen LogP contribution is 2.14. The molecule has 0 amide bonds. The van der Waals surface area contributed by atoms with Crippen molar-refractivity contribution in [2.24, 2.45) is 0 Å². The fraction of sp³-hybridized carbons (Fsp3) is 0.900. The first-order chi connectivity index (χ1) is 7.45. The lowest BCUT2D eigenvalue weighted by atomic mass is 10.2. The quantitative estimate of drug-likeness (QED) is 0.582. The molecule has 0 N–H and O–H groups in total. The largest absolute Gasteiger partial charge is 0.411 e. The van der Waals surface area contributed by atoms with Crippen LogP contribution in [-0.2, 0) is 14.3 Å². The molecule has 0 saturated heterocycles. The van der Waals surface area contributed by atoms with Crippen molar-refractivity contribution in [3.63, 3.8) is 0 Å². The standard InChI is InChI=1S/C10H17F3O3/c1-2-5-15-7-9(14)4-3-6-16-8-10(11,12)13/h2-8H2,1H3. The van der Waals surface area contributed by atoms with Gasteiger partial charge in [0.2, 0.25) is 0 Å². The van der Waals surface area contributed by atoms with Crippen LogP contribution in [0.4, 0.5) is 13.2 Å². The Kier molecular flexibility index (Phi) is 8.19. The molecular weight excluding hydrogens is 225 g/mol. The number of carbonyl (C=O) groups excluding carboxylic acids is 1. The smallest absolute Gasteiger partial charge is 0.374 e. The Morgan fingerprint density at radius 1 is 1.19 bits per heavy atom. The van der Waals surface area contributed by atoms with Gasteiger partial charge in [-0.15, -0.1) is 0 Å². The highest BCUT2D eigenvalue weighted by Gasteiger charge is 2.27. The van der Waals surface area contributed by atoms with Crippen LogP contribution in [0.5, 0.6) is 0 Å². The molecule has 0 rings (SSSR count). The van der Waals surface area contributed by atoms with E-state index in [9.17, 15) is 18.0 Å².